The van der Waals surface area contributed by atoms with Gasteiger partial charge in [-0.15, -0.1) is 11.3 Å². The van der Waals surface area contributed by atoms with Crippen LogP contribution in [0.25, 0.3) is 0 Å². The highest BCUT2D eigenvalue weighted by molar-refractivity contribution is 7.12. The summed E-state index contributed by atoms with van der Waals surface area (Å²) in [5.41, 5.74) is 1.23. The molecule has 0 fully saturated rings. The first kappa shape index (κ1) is 19.5. The highest BCUT2D eigenvalue weighted by Crippen LogP contribution is 2.22. The van der Waals surface area contributed by atoms with Gasteiger partial charge in [0.25, 0.3) is 0 Å². The molecule has 0 bridgehead atoms. The van der Waals surface area contributed by atoms with Crippen LogP contribution in [0.4, 0.5) is 0 Å². The summed E-state index contributed by atoms with van der Waals surface area (Å²) in [7, 11) is 0. The summed E-state index contributed by atoms with van der Waals surface area (Å²) in [6.45, 7) is 6.46. The first-order valence-corrected chi connectivity index (χ1v) is 11.9. The molecule has 0 amide bonds. The lowest BCUT2D eigenvalue weighted by molar-refractivity contribution is 0.529. The molecule has 1 heterocycles. The summed E-state index contributed by atoms with van der Waals surface area (Å²) in [6, 6.07) is 2.05. The lowest BCUT2D eigenvalue weighted by atomic mass is 10.0. The molecule has 1 aromatic rings. The van der Waals surface area contributed by atoms with E-state index in [0.717, 1.165) is 11.3 Å². The van der Waals surface area contributed by atoms with Gasteiger partial charge in [0, 0.05) is 12.5 Å². The van der Waals surface area contributed by atoms with Crippen molar-refractivity contribution < 1.29 is 2.74 Å². The van der Waals surface area contributed by atoms with Crippen molar-refractivity contribution in [3.05, 3.63) is 21.4 Å². The van der Waals surface area contributed by atoms with Crippen molar-refractivity contribution in [1.82, 2.24) is 0 Å². The molecule has 0 N–H and O–H groups in total. The first-order valence-electron chi connectivity index (χ1n) is 12.0. The largest absolute Gasteiger partial charge is 0.145 e. The van der Waals surface area contributed by atoms with E-state index < -0.39 is 6.37 Å². The highest BCUT2D eigenvalue weighted by atomic mass is 32.1. The molecule has 1 rings (SSSR count). The highest BCUT2D eigenvalue weighted by Gasteiger charge is 2.01. The Morgan fingerprint density at radius 3 is 1.44 bits per heavy atom. The molecule has 146 valence electrons. The van der Waals surface area contributed by atoms with Crippen LogP contribution in [0.2, 0.25) is 0 Å². The van der Waals surface area contributed by atoms with Gasteiger partial charge in [-0.2, -0.15) is 0 Å². The molecule has 0 saturated carbocycles. The van der Waals surface area contributed by atoms with Crippen LogP contribution in [-0.4, -0.2) is 0 Å². The van der Waals surface area contributed by atoms with Crippen molar-refractivity contribution in [3.63, 3.8) is 0 Å². The Morgan fingerprint density at radius 2 is 1.08 bits per heavy atom. The molecular formula is C24H44S. The fraction of sp³-hybridized carbons (Fsp3) is 0.833. The zero-order valence-electron chi connectivity index (χ0n) is 19.3. The number of hydrogen-bond donors (Lipinski definition) is 0. The fourth-order valence-corrected chi connectivity index (χ4v) is 4.33. The number of thiophene rings is 1. The second kappa shape index (κ2) is 15.9. The van der Waals surface area contributed by atoms with Gasteiger partial charge in [0.15, 0.2) is 0 Å². The second-order valence-electron chi connectivity index (χ2n) is 7.73. The van der Waals surface area contributed by atoms with Crippen molar-refractivity contribution in [1.29, 1.82) is 0 Å². The van der Waals surface area contributed by atoms with Crippen molar-refractivity contribution in [2.45, 2.75) is 130 Å². The molecule has 0 aliphatic heterocycles. The Morgan fingerprint density at radius 1 is 0.680 bits per heavy atom. The Kier molecular flexibility index (Phi) is 12.4. The van der Waals surface area contributed by atoms with Crippen LogP contribution in [0.1, 0.15) is 128 Å². The number of aryl methyl sites for hydroxylation is 3. The second-order valence-corrected chi connectivity index (χ2v) is 8.98. The molecule has 0 spiro atoms. The summed E-state index contributed by atoms with van der Waals surface area (Å²) >= 11 is 1.63. The standard InChI is InChI=1S/C24H44S/c1-4-5-6-7-8-9-10-11-12-13-14-15-16-17-18-19-20-24-21-22(2)23(3)25-24/h21H,4-20H2,1-3H3/i20D2. The third-order valence-electron chi connectivity index (χ3n) is 5.25. The predicted octanol–water partition coefficient (Wildman–Crippen LogP) is 9.17. The molecule has 25 heavy (non-hydrogen) atoms. The lowest BCUT2D eigenvalue weighted by Gasteiger charge is -2.03. The van der Waals surface area contributed by atoms with E-state index in [1.54, 1.807) is 11.3 Å². The molecule has 0 atom stereocenters. The smallest absolute Gasteiger partial charge is 0.0324 e. The Bertz CT molecular complexity index is 459. The third kappa shape index (κ3) is 12.7. The molecule has 1 aromatic heterocycles. The van der Waals surface area contributed by atoms with E-state index >= 15 is 0 Å². The molecule has 0 radical (unpaired) electrons. The molecular weight excluding hydrogens is 320 g/mol. The quantitative estimate of drug-likeness (QED) is 0.241. The zero-order chi connectivity index (χ0) is 20.0. The van der Waals surface area contributed by atoms with Crippen LogP contribution in [0.5, 0.6) is 0 Å². The van der Waals surface area contributed by atoms with Crippen molar-refractivity contribution >= 4 is 11.3 Å². The van der Waals surface area contributed by atoms with Gasteiger partial charge in [-0.25, -0.2) is 0 Å². The lowest BCUT2D eigenvalue weighted by Crippen LogP contribution is -1.85. The maximum Gasteiger partial charge on any atom is 0.0324 e. The monoisotopic (exact) mass is 366 g/mol. The predicted molar refractivity (Wildman–Crippen MR) is 117 cm³/mol. The van der Waals surface area contributed by atoms with Crippen LogP contribution in [0.15, 0.2) is 6.07 Å². The Balaban J connectivity index is 1.90. The van der Waals surface area contributed by atoms with E-state index in [1.807, 2.05) is 6.07 Å². The SMILES string of the molecule is [2H]C([2H])(CCCCCCCCCCCCCCCCC)c1cc(C)c(C)s1. The number of hydrogen-bond acceptors (Lipinski definition) is 1. The summed E-state index contributed by atoms with van der Waals surface area (Å²) in [4.78, 5) is 2.17. The van der Waals surface area contributed by atoms with Gasteiger partial charge in [-0.1, -0.05) is 103 Å². The summed E-state index contributed by atoms with van der Waals surface area (Å²) in [6.07, 6.45) is 19.9. The number of rotatable bonds is 17. The number of unbranched alkanes of at least 4 members (excludes halogenated alkanes) is 14. The van der Waals surface area contributed by atoms with E-state index in [4.69, 9.17) is 2.74 Å². The van der Waals surface area contributed by atoms with Gasteiger partial charge in [-0.05, 0) is 38.3 Å². The van der Waals surface area contributed by atoms with Crippen molar-refractivity contribution in [3.8, 4) is 0 Å². The van der Waals surface area contributed by atoms with Crippen molar-refractivity contribution in [2.24, 2.45) is 0 Å². The zero-order valence-corrected chi connectivity index (χ0v) is 18.1. The molecule has 0 aliphatic rings. The van der Waals surface area contributed by atoms with Crippen LogP contribution in [0.3, 0.4) is 0 Å². The van der Waals surface area contributed by atoms with E-state index in [1.165, 1.54) is 100 Å². The van der Waals surface area contributed by atoms with Gasteiger partial charge in [0.2, 0.25) is 0 Å². The minimum atomic E-state index is -1.14. The minimum absolute atomic E-state index is 0.671. The van der Waals surface area contributed by atoms with E-state index in [9.17, 15) is 0 Å². The van der Waals surface area contributed by atoms with E-state index in [0.29, 0.717) is 6.42 Å². The van der Waals surface area contributed by atoms with Crippen LogP contribution < -0.4 is 0 Å². The van der Waals surface area contributed by atoms with Gasteiger partial charge in [0.05, 0.1) is 0 Å². The normalized spacial score (nSPS) is 13.1. The average molecular weight is 367 g/mol. The van der Waals surface area contributed by atoms with Gasteiger partial charge in [-0.3, -0.25) is 0 Å². The molecule has 0 nitrogen and oxygen atoms in total. The summed E-state index contributed by atoms with van der Waals surface area (Å²) in [5, 5.41) is 0. The van der Waals surface area contributed by atoms with Crippen LogP contribution >= 0.6 is 11.3 Å². The Labute approximate surface area is 165 Å². The van der Waals surface area contributed by atoms with Crippen LogP contribution in [-0.2, 0) is 6.37 Å². The fourth-order valence-electron chi connectivity index (χ4n) is 3.37. The average Bonchev–Trinajstić information content (AvgIpc) is 2.98. The maximum absolute atomic E-state index is 8.33. The van der Waals surface area contributed by atoms with E-state index in [2.05, 4.69) is 20.8 Å². The molecule has 0 saturated heterocycles. The topological polar surface area (TPSA) is 0 Å². The van der Waals surface area contributed by atoms with Gasteiger partial charge >= 0.3 is 0 Å². The summed E-state index contributed by atoms with van der Waals surface area (Å²) < 4.78 is 16.7. The molecule has 1 heteroatoms. The van der Waals surface area contributed by atoms with Gasteiger partial charge < -0.3 is 0 Å². The van der Waals surface area contributed by atoms with Crippen LogP contribution in [0, 0.1) is 13.8 Å². The third-order valence-corrected chi connectivity index (χ3v) is 6.36. The molecule has 0 unspecified atom stereocenters. The van der Waals surface area contributed by atoms with Gasteiger partial charge in [0.1, 0.15) is 0 Å². The summed E-state index contributed by atoms with van der Waals surface area (Å²) in [5.74, 6) is 0. The van der Waals surface area contributed by atoms with Crippen molar-refractivity contribution in [2.75, 3.05) is 0 Å². The minimum Gasteiger partial charge on any atom is -0.145 e. The maximum atomic E-state index is 8.33. The first-order chi connectivity index (χ1) is 13.0. The Hall–Kier alpha value is -0.300. The molecule has 0 aromatic carbocycles. The molecule has 0 aliphatic carbocycles. The van der Waals surface area contributed by atoms with E-state index in [-0.39, 0.29) is 0 Å².